The monoisotopic (exact) mass is 332 g/mol. The Morgan fingerprint density at radius 2 is 1.40 bits per heavy atom. The summed E-state index contributed by atoms with van der Waals surface area (Å²) in [5.74, 6) is 1.08. The molecule has 5 rings (SSSR count). The van der Waals surface area contributed by atoms with Crippen LogP contribution in [0.25, 0.3) is 12.2 Å². The van der Waals surface area contributed by atoms with Crippen LogP contribution in [0.5, 0.6) is 0 Å². The molecular formula is C19H20N6. The van der Waals surface area contributed by atoms with Gasteiger partial charge in [-0.1, -0.05) is 48.1 Å². The maximum absolute atomic E-state index is 3.81. The molecule has 2 bridgehead atoms. The normalized spacial score (nSPS) is 22.6. The highest BCUT2D eigenvalue weighted by Gasteiger charge is 2.22. The van der Waals surface area contributed by atoms with E-state index in [0.29, 0.717) is 0 Å². The van der Waals surface area contributed by atoms with Gasteiger partial charge >= 0.3 is 0 Å². The Hall–Kier alpha value is -3.02. The van der Waals surface area contributed by atoms with Crippen LogP contribution < -0.4 is 0 Å². The Morgan fingerprint density at radius 3 is 1.72 bits per heavy atom. The van der Waals surface area contributed by atoms with Gasteiger partial charge in [-0.3, -0.25) is 0 Å². The Balaban J connectivity index is 0.000000119. The van der Waals surface area contributed by atoms with Crippen molar-refractivity contribution in [1.29, 1.82) is 0 Å². The zero-order valence-corrected chi connectivity index (χ0v) is 13.9. The molecule has 0 amide bonds. The molecule has 2 aromatic heterocycles. The molecule has 3 aliphatic rings. The molecule has 6 nitrogen and oxygen atoms in total. The molecule has 0 spiro atoms. The van der Waals surface area contributed by atoms with Crippen LogP contribution in [0.15, 0.2) is 60.7 Å². The number of fused-ring (bicyclic) bond motifs is 3. The summed E-state index contributed by atoms with van der Waals surface area (Å²) in [6.45, 7) is 0. The van der Waals surface area contributed by atoms with Crippen molar-refractivity contribution >= 4 is 12.2 Å². The van der Waals surface area contributed by atoms with Crippen molar-refractivity contribution in [3.63, 3.8) is 0 Å². The molecule has 2 heterocycles. The number of aromatic nitrogens is 6. The number of hydrogen-bond acceptors (Lipinski definition) is 6. The minimum atomic E-state index is 1.08. The van der Waals surface area contributed by atoms with Gasteiger partial charge in [0, 0.05) is 11.1 Å². The summed E-state index contributed by atoms with van der Waals surface area (Å²) in [4.78, 5) is 0. The third kappa shape index (κ3) is 5.53. The second-order valence-electron chi connectivity index (χ2n) is 5.92. The molecule has 3 aliphatic carbocycles. The second kappa shape index (κ2) is 9.32. The third-order valence-corrected chi connectivity index (χ3v) is 4.19. The van der Waals surface area contributed by atoms with E-state index in [9.17, 15) is 0 Å². The average molecular weight is 332 g/mol. The third-order valence-electron chi connectivity index (χ3n) is 4.19. The summed E-state index contributed by atoms with van der Waals surface area (Å²) in [5, 5.41) is 20.7. The zero-order chi connectivity index (χ0) is 17.2. The smallest absolute Gasteiger partial charge is 0.0716 e. The average Bonchev–Trinajstić information content (AvgIpc) is 3.31. The summed E-state index contributed by atoms with van der Waals surface area (Å²) < 4.78 is 0. The first-order valence-electron chi connectivity index (χ1n) is 8.37. The van der Waals surface area contributed by atoms with E-state index in [4.69, 9.17) is 0 Å². The number of allylic oxidation sites excluding steroid dienone is 6. The molecule has 1 fully saturated rings. The van der Waals surface area contributed by atoms with Crippen LogP contribution in [-0.4, -0.2) is 30.8 Å². The van der Waals surface area contributed by atoms with Gasteiger partial charge in [0.05, 0.1) is 24.8 Å². The van der Waals surface area contributed by atoms with Crippen molar-refractivity contribution in [2.45, 2.75) is 25.7 Å². The fourth-order valence-corrected chi connectivity index (χ4v) is 2.92. The Morgan fingerprint density at radius 1 is 0.760 bits per heavy atom. The van der Waals surface area contributed by atoms with Crippen molar-refractivity contribution in [3.8, 4) is 0 Å². The first-order chi connectivity index (χ1) is 12.4. The lowest BCUT2D eigenvalue weighted by atomic mass is 10.1. The SMILES string of the molecule is C1=C2CCC(C1)C2.C1=C\C=C/c2cnncc2\C=C/1.c1cnnnn1. The van der Waals surface area contributed by atoms with Crippen molar-refractivity contribution in [2.75, 3.05) is 0 Å². The molecule has 2 aromatic rings. The van der Waals surface area contributed by atoms with Gasteiger partial charge in [0.1, 0.15) is 0 Å². The number of nitrogens with zero attached hydrogens (tertiary/aromatic N) is 6. The van der Waals surface area contributed by atoms with Crippen LogP contribution in [0.2, 0.25) is 0 Å². The molecule has 0 radical (unpaired) electrons. The summed E-state index contributed by atoms with van der Waals surface area (Å²) in [5.41, 5.74) is 3.95. The lowest BCUT2D eigenvalue weighted by Crippen LogP contribution is -1.86. The van der Waals surface area contributed by atoms with Crippen LogP contribution in [0, 0.1) is 5.92 Å². The summed E-state index contributed by atoms with van der Waals surface area (Å²) in [6.07, 6.45) is 26.6. The maximum atomic E-state index is 3.81. The highest BCUT2D eigenvalue weighted by atomic mass is 15.4. The molecule has 1 saturated carbocycles. The second-order valence-corrected chi connectivity index (χ2v) is 5.92. The molecule has 1 unspecified atom stereocenters. The van der Waals surface area contributed by atoms with Crippen molar-refractivity contribution in [2.24, 2.45) is 5.92 Å². The van der Waals surface area contributed by atoms with Gasteiger partial charge < -0.3 is 0 Å². The first kappa shape index (κ1) is 16.8. The molecule has 0 aliphatic heterocycles. The van der Waals surface area contributed by atoms with E-state index in [1.54, 1.807) is 18.0 Å². The minimum absolute atomic E-state index is 1.08. The van der Waals surface area contributed by atoms with Gasteiger partial charge in [-0.05, 0) is 42.0 Å². The van der Waals surface area contributed by atoms with E-state index in [2.05, 4.69) is 36.9 Å². The highest BCUT2D eigenvalue weighted by Crippen LogP contribution is 2.38. The van der Waals surface area contributed by atoms with Crippen molar-refractivity contribution in [3.05, 3.63) is 71.9 Å². The lowest BCUT2D eigenvalue weighted by molar-refractivity contribution is 0.576. The van der Waals surface area contributed by atoms with Gasteiger partial charge in [0.15, 0.2) is 0 Å². The van der Waals surface area contributed by atoms with Gasteiger partial charge in [-0.25, -0.2) is 0 Å². The van der Waals surface area contributed by atoms with Gasteiger partial charge in [0.25, 0.3) is 0 Å². The fraction of sp³-hybridized carbons (Fsp3) is 0.263. The van der Waals surface area contributed by atoms with E-state index >= 15 is 0 Å². The molecule has 6 heteroatoms. The quantitative estimate of drug-likeness (QED) is 0.688. The highest BCUT2D eigenvalue weighted by molar-refractivity contribution is 5.66. The van der Waals surface area contributed by atoms with Crippen LogP contribution in [-0.2, 0) is 0 Å². The van der Waals surface area contributed by atoms with Crippen LogP contribution in [0.4, 0.5) is 0 Å². The Labute approximate surface area is 147 Å². The van der Waals surface area contributed by atoms with Crippen molar-refractivity contribution in [1.82, 2.24) is 30.8 Å². The van der Waals surface area contributed by atoms with Gasteiger partial charge in [-0.15, -0.1) is 10.2 Å². The Bertz CT molecular complexity index is 718. The molecule has 1 atom stereocenters. The molecule has 0 saturated heterocycles. The molecule has 25 heavy (non-hydrogen) atoms. The van der Waals surface area contributed by atoms with E-state index in [1.807, 2.05) is 36.5 Å². The Kier molecular flexibility index (Phi) is 6.27. The van der Waals surface area contributed by atoms with Crippen LogP contribution >= 0.6 is 0 Å². The van der Waals surface area contributed by atoms with Gasteiger partial charge in [-0.2, -0.15) is 10.2 Å². The van der Waals surface area contributed by atoms with E-state index in [0.717, 1.165) is 17.0 Å². The maximum Gasteiger partial charge on any atom is 0.0716 e. The van der Waals surface area contributed by atoms with Gasteiger partial charge in [0.2, 0.25) is 0 Å². The zero-order valence-electron chi connectivity index (χ0n) is 13.9. The molecule has 0 aromatic carbocycles. The van der Waals surface area contributed by atoms with E-state index in [-0.39, 0.29) is 0 Å². The number of hydrogen-bond donors (Lipinski definition) is 0. The summed E-state index contributed by atoms with van der Waals surface area (Å²) in [7, 11) is 0. The van der Waals surface area contributed by atoms with E-state index in [1.165, 1.54) is 38.1 Å². The summed E-state index contributed by atoms with van der Waals surface area (Å²) >= 11 is 0. The van der Waals surface area contributed by atoms with Crippen LogP contribution in [0.1, 0.15) is 36.8 Å². The molecule has 0 N–H and O–H groups in total. The number of rotatable bonds is 0. The molecule has 126 valence electrons. The van der Waals surface area contributed by atoms with E-state index < -0.39 is 0 Å². The summed E-state index contributed by atoms with van der Waals surface area (Å²) in [6, 6.07) is 0. The minimum Gasteiger partial charge on any atom is -0.158 e. The fourth-order valence-electron chi connectivity index (χ4n) is 2.92. The predicted molar refractivity (Wildman–Crippen MR) is 96.9 cm³/mol. The van der Waals surface area contributed by atoms with Crippen molar-refractivity contribution < 1.29 is 0 Å². The lowest BCUT2D eigenvalue weighted by Gasteiger charge is -1.98. The topological polar surface area (TPSA) is 77.3 Å². The standard InChI is InChI=1S/C10H8N2.C7H10.C2H2N4/c1-2-4-6-10-8-12-11-7-9(10)5-3-1;1-2-7-4-3-6(1)5-7;1-2-4-6-5-3-1/h1-8H;1,7H,2-5H2;1-2H/b2-1-,3-1?,4-2?,5-3-,6-4-,9-5?,10-6?;;. The molecular weight excluding hydrogens is 312 g/mol. The predicted octanol–water partition coefficient (Wildman–Crippen LogP) is 3.46. The first-order valence-corrected chi connectivity index (χ1v) is 8.37. The largest absolute Gasteiger partial charge is 0.158 e. The van der Waals surface area contributed by atoms with Crippen LogP contribution in [0.3, 0.4) is 0 Å².